The Balaban J connectivity index is 2.85. The van der Waals surface area contributed by atoms with Crippen molar-refractivity contribution in [1.82, 2.24) is 4.90 Å². The SMILES string of the molecule is Cc1cc(C(=N)N)ccc1CN(CCO)CC(F)(F)F. The molecule has 0 aliphatic heterocycles. The van der Waals surface area contributed by atoms with Crippen LogP contribution in [0.5, 0.6) is 0 Å². The summed E-state index contributed by atoms with van der Waals surface area (Å²) in [7, 11) is 0. The van der Waals surface area contributed by atoms with Crippen LogP contribution in [0.1, 0.15) is 16.7 Å². The molecule has 4 nitrogen and oxygen atoms in total. The molecule has 1 rings (SSSR count). The first-order valence-corrected chi connectivity index (χ1v) is 6.07. The van der Waals surface area contributed by atoms with Gasteiger partial charge in [0.15, 0.2) is 0 Å². The van der Waals surface area contributed by atoms with Gasteiger partial charge in [-0.3, -0.25) is 10.3 Å². The zero-order valence-corrected chi connectivity index (χ0v) is 11.2. The zero-order chi connectivity index (χ0) is 15.3. The quantitative estimate of drug-likeness (QED) is 0.550. The molecule has 4 N–H and O–H groups in total. The summed E-state index contributed by atoms with van der Waals surface area (Å²) in [5.41, 5.74) is 7.38. The molecule has 0 radical (unpaired) electrons. The topological polar surface area (TPSA) is 73.3 Å². The second-order valence-electron chi connectivity index (χ2n) is 4.60. The second-order valence-corrected chi connectivity index (χ2v) is 4.60. The lowest BCUT2D eigenvalue weighted by Gasteiger charge is -2.23. The van der Waals surface area contributed by atoms with Gasteiger partial charge >= 0.3 is 6.18 Å². The number of nitrogen functional groups attached to an aromatic ring is 1. The number of rotatable bonds is 6. The summed E-state index contributed by atoms with van der Waals surface area (Å²) in [5.74, 6) is -0.0813. The third-order valence-corrected chi connectivity index (χ3v) is 2.87. The fourth-order valence-corrected chi connectivity index (χ4v) is 1.89. The molecule has 7 heteroatoms. The molecule has 0 bridgehead atoms. The smallest absolute Gasteiger partial charge is 0.395 e. The highest BCUT2D eigenvalue weighted by atomic mass is 19.4. The monoisotopic (exact) mass is 289 g/mol. The van der Waals surface area contributed by atoms with Crippen molar-refractivity contribution in [1.29, 1.82) is 5.41 Å². The van der Waals surface area contributed by atoms with Gasteiger partial charge in [0.05, 0.1) is 13.2 Å². The number of alkyl halides is 3. The summed E-state index contributed by atoms with van der Waals surface area (Å²) < 4.78 is 37.3. The number of nitrogens with zero attached hydrogens (tertiary/aromatic N) is 1. The summed E-state index contributed by atoms with van der Waals surface area (Å²) >= 11 is 0. The molecule has 0 atom stereocenters. The van der Waals surface area contributed by atoms with E-state index in [1.807, 2.05) is 0 Å². The molecular weight excluding hydrogens is 271 g/mol. The van der Waals surface area contributed by atoms with Gasteiger partial charge in [-0.2, -0.15) is 13.2 Å². The number of nitrogens with two attached hydrogens (primary N) is 1. The van der Waals surface area contributed by atoms with Gasteiger partial charge in [-0.25, -0.2) is 0 Å². The van der Waals surface area contributed by atoms with Crippen molar-refractivity contribution in [3.63, 3.8) is 0 Å². The predicted octanol–water partition coefficient (Wildman–Crippen LogP) is 1.64. The van der Waals surface area contributed by atoms with E-state index in [2.05, 4.69) is 0 Å². The van der Waals surface area contributed by atoms with E-state index >= 15 is 0 Å². The second kappa shape index (κ2) is 6.71. The van der Waals surface area contributed by atoms with Crippen LogP contribution in [0.25, 0.3) is 0 Å². The fourth-order valence-electron chi connectivity index (χ4n) is 1.89. The molecule has 0 aromatic heterocycles. The van der Waals surface area contributed by atoms with E-state index in [1.54, 1.807) is 25.1 Å². The van der Waals surface area contributed by atoms with Crippen LogP contribution in [0.15, 0.2) is 18.2 Å². The number of hydrogen-bond donors (Lipinski definition) is 3. The lowest BCUT2D eigenvalue weighted by atomic mass is 10.0. The Bertz CT molecular complexity index is 474. The van der Waals surface area contributed by atoms with Gasteiger partial charge in [-0.05, 0) is 24.1 Å². The van der Waals surface area contributed by atoms with Crippen LogP contribution in [0.2, 0.25) is 0 Å². The summed E-state index contributed by atoms with van der Waals surface area (Å²) in [5, 5.41) is 16.2. The lowest BCUT2D eigenvalue weighted by Crippen LogP contribution is -2.35. The van der Waals surface area contributed by atoms with Crippen LogP contribution < -0.4 is 5.73 Å². The number of nitrogens with one attached hydrogen (secondary N) is 1. The number of hydrogen-bond acceptors (Lipinski definition) is 3. The van der Waals surface area contributed by atoms with E-state index in [9.17, 15) is 13.2 Å². The van der Waals surface area contributed by atoms with E-state index in [1.165, 1.54) is 0 Å². The molecular formula is C13H18F3N3O. The van der Waals surface area contributed by atoms with E-state index in [-0.39, 0.29) is 25.5 Å². The Labute approximate surface area is 115 Å². The van der Waals surface area contributed by atoms with E-state index < -0.39 is 12.7 Å². The van der Waals surface area contributed by atoms with Crippen molar-refractivity contribution in [2.75, 3.05) is 19.7 Å². The number of benzene rings is 1. The number of halogens is 3. The van der Waals surface area contributed by atoms with Gasteiger partial charge in [-0.15, -0.1) is 0 Å². The Hall–Kier alpha value is -1.60. The molecule has 0 aliphatic rings. The van der Waals surface area contributed by atoms with Crippen LogP contribution in [0.4, 0.5) is 13.2 Å². The minimum Gasteiger partial charge on any atom is -0.395 e. The van der Waals surface area contributed by atoms with Gasteiger partial charge in [0.2, 0.25) is 0 Å². The summed E-state index contributed by atoms with van der Waals surface area (Å²) in [6.07, 6.45) is -4.30. The third-order valence-electron chi connectivity index (χ3n) is 2.87. The summed E-state index contributed by atoms with van der Waals surface area (Å²) in [4.78, 5) is 1.13. The Morgan fingerprint density at radius 3 is 2.50 bits per heavy atom. The Morgan fingerprint density at radius 2 is 2.05 bits per heavy atom. The maximum atomic E-state index is 12.4. The van der Waals surface area contributed by atoms with Crippen molar-refractivity contribution < 1.29 is 18.3 Å². The number of aryl methyl sites for hydroxylation is 1. The number of aliphatic hydroxyl groups excluding tert-OH is 1. The van der Waals surface area contributed by atoms with Crippen LogP contribution in [-0.2, 0) is 6.54 Å². The highest BCUT2D eigenvalue weighted by molar-refractivity contribution is 5.95. The molecule has 112 valence electrons. The minimum absolute atomic E-state index is 0.0482. The summed E-state index contributed by atoms with van der Waals surface area (Å²) in [6.45, 7) is 0.395. The number of aliphatic hydroxyl groups is 1. The van der Waals surface area contributed by atoms with Gasteiger partial charge in [0.25, 0.3) is 0 Å². The van der Waals surface area contributed by atoms with Crippen molar-refractivity contribution in [2.24, 2.45) is 5.73 Å². The zero-order valence-electron chi connectivity index (χ0n) is 11.2. The first-order chi connectivity index (χ1) is 9.23. The minimum atomic E-state index is -4.30. The van der Waals surface area contributed by atoms with Crippen LogP contribution >= 0.6 is 0 Å². The predicted molar refractivity (Wildman–Crippen MR) is 70.6 cm³/mol. The first-order valence-electron chi connectivity index (χ1n) is 6.07. The van der Waals surface area contributed by atoms with Crippen molar-refractivity contribution in [3.05, 3.63) is 34.9 Å². The average molecular weight is 289 g/mol. The Morgan fingerprint density at radius 1 is 1.40 bits per heavy atom. The summed E-state index contributed by atoms with van der Waals surface area (Å²) in [6, 6.07) is 4.94. The fraction of sp³-hybridized carbons (Fsp3) is 0.462. The highest BCUT2D eigenvalue weighted by Gasteiger charge is 2.30. The van der Waals surface area contributed by atoms with Gasteiger partial charge in [-0.1, -0.05) is 12.1 Å². The highest BCUT2D eigenvalue weighted by Crippen LogP contribution is 2.19. The lowest BCUT2D eigenvalue weighted by molar-refractivity contribution is -0.148. The molecule has 0 fully saturated rings. The third kappa shape index (κ3) is 5.18. The average Bonchev–Trinajstić information content (AvgIpc) is 2.29. The molecule has 0 spiro atoms. The molecule has 20 heavy (non-hydrogen) atoms. The maximum absolute atomic E-state index is 12.4. The van der Waals surface area contributed by atoms with Crippen LogP contribution in [-0.4, -0.2) is 41.7 Å². The standard InChI is InChI=1S/C13H18F3N3O/c1-9-6-10(12(17)18)2-3-11(9)7-19(4-5-20)8-13(14,15)16/h2-3,6,20H,4-5,7-8H2,1H3,(H3,17,18). The Kier molecular flexibility index (Phi) is 5.52. The van der Waals surface area contributed by atoms with Gasteiger partial charge in [0.1, 0.15) is 5.84 Å². The van der Waals surface area contributed by atoms with Crippen molar-refractivity contribution in [3.8, 4) is 0 Å². The molecule has 0 amide bonds. The first kappa shape index (κ1) is 16.5. The molecule has 1 aromatic rings. The molecule has 0 aliphatic carbocycles. The molecule has 0 saturated heterocycles. The van der Waals surface area contributed by atoms with Crippen LogP contribution in [0.3, 0.4) is 0 Å². The van der Waals surface area contributed by atoms with E-state index in [0.717, 1.165) is 10.5 Å². The molecule has 0 unspecified atom stereocenters. The van der Waals surface area contributed by atoms with Crippen LogP contribution in [0, 0.1) is 12.3 Å². The largest absolute Gasteiger partial charge is 0.401 e. The number of amidine groups is 1. The van der Waals surface area contributed by atoms with Gasteiger partial charge < -0.3 is 10.8 Å². The van der Waals surface area contributed by atoms with Crippen molar-refractivity contribution >= 4 is 5.84 Å². The van der Waals surface area contributed by atoms with Gasteiger partial charge in [0, 0.05) is 18.7 Å². The molecule has 1 aromatic carbocycles. The molecule has 0 saturated carbocycles. The van der Waals surface area contributed by atoms with E-state index in [0.29, 0.717) is 11.1 Å². The maximum Gasteiger partial charge on any atom is 0.401 e. The van der Waals surface area contributed by atoms with Crippen molar-refractivity contribution in [2.45, 2.75) is 19.6 Å². The normalized spacial score (nSPS) is 11.9. The molecule has 0 heterocycles. The van der Waals surface area contributed by atoms with E-state index in [4.69, 9.17) is 16.2 Å².